The number of benzene rings is 1. The molecule has 1 aromatic heterocycles. The molecule has 0 bridgehead atoms. The number of nitrogens with zero attached hydrogens (tertiary/aromatic N) is 1. The SMILES string of the molecule is CC.CCNC(=O)c1ccc(Cc2cc(C)n[nH]c2=O)c(C)c1.O=CO. The predicted octanol–water partition coefficient (Wildman–Crippen LogP) is 2.45. The summed E-state index contributed by atoms with van der Waals surface area (Å²) in [6.07, 6.45) is 0.528. The summed E-state index contributed by atoms with van der Waals surface area (Å²) >= 11 is 0. The van der Waals surface area contributed by atoms with Gasteiger partial charge in [-0.2, -0.15) is 5.10 Å². The minimum Gasteiger partial charge on any atom is -0.483 e. The molecule has 3 N–H and O–H groups in total. The Morgan fingerprint density at radius 1 is 1.23 bits per heavy atom. The standard InChI is InChI=1S/C16H19N3O2.C2H6.CH2O2/c1-4-17-15(20)13-6-5-12(10(2)7-13)9-14-8-11(3)18-19-16(14)21;1-2;2-1-3/h5-8H,4,9H2,1-3H3,(H,17,20)(H,19,21);1-2H3;1H,(H,2,3). The third kappa shape index (κ3) is 7.29. The molecule has 7 nitrogen and oxygen atoms in total. The molecule has 1 aromatic carbocycles. The molecule has 0 fully saturated rings. The zero-order valence-electron chi connectivity index (χ0n) is 15.9. The van der Waals surface area contributed by atoms with Gasteiger partial charge in [0.15, 0.2) is 0 Å². The summed E-state index contributed by atoms with van der Waals surface area (Å²) in [5, 5.41) is 16.0. The molecule has 7 heteroatoms. The van der Waals surface area contributed by atoms with E-state index in [0.29, 0.717) is 24.1 Å². The van der Waals surface area contributed by atoms with Crippen LogP contribution in [0, 0.1) is 13.8 Å². The monoisotopic (exact) mass is 361 g/mol. The van der Waals surface area contributed by atoms with Crippen LogP contribution < -0.4 is 10.9 Å². The summed E-state index contributed by atoms with van der Waals surface area (Å²) in [5.74, 6) is -0.0789. The van der Waals surface area contributed by atoms with Crippen LogP contribution in [0.25, 0.3) is 0 Å². The zero-order chi connectivity index (χ0) is 20.1. The molecule has 2 rings (SSSR count). The van der Waals surface area contributed by atoms with Crippen LogP contribution in [-0.2, 0) is 11.2 Å². The lowest BCUT2D eigenvalue weighted by molar-refractivity contribution is -0.122. The largest absolute Gasteiger partial charge is 0.483 e. The van der Waals surface area contributed by atoms with Crippen LogP contribution in [0.3, 0.4) is 0 Å². The van der Waals surface area contributed by atoms with Crippen LogP contribution in [0.4, 0.5) is 0 Å². The number of H-pyrrole nitrogens is 1. The number of carbonyl (C=O) groups excluding carboxylic acids is 1. The molecule has 0 saturated heterocycles. The number of amides is 1. The van der Waals surface area contributed by atoms with Crippen LogP contribution in [0.2, 0.25) is 0 Å². The lowest BCUT2D eigenvalue weighted by Gasteiger charge is -2.09. The number of aromatic amines is 1. The Bertz CT molecular complexity index is 770. The van der Waals surface area contributed by atoms with Crippen molar-refractivity contribution in [1.82, 2.24) is 15.5 Å². The van der Waals surface area contributed by atoms with E-state index in [0.717, 1.165) is 16.8 Å². The molecule has 1 amide bonds. The highest BCUT2D eigenvalue weighted by atomic mass is 16.3. The van der Waals surface area contributed by atoms with Crippen molar-refractivity contribution in [2.75, 3.05) is 6.54 Å². The maximum absolute atomic E-state index is 11.8. The lowest BCUT2D eigenvalue weighted by Crippen LogP contribution is -2.22. The molecule has 142 valence electrons. The second kappa shape index (κ2) is 12.4. The van der Waals surface area contributed by atoms with Gasteiger partial charge in [0.25, 0.3) is 17.9 Å². The molecule has 0 aliphatic rings. The first-order chi connectivity index (χ1) is 12.4. The van der Waals surface area contributed by atoms with E-state index in [2.05, 4.69) is 15.5 Å². The Morgan fingerprint density at radius 2 is 1.85 bits per heavy atom. The van der Waals surface area contributed by atoms with Gasteiger partial charge in [-0.15, -0.1) is 0 Å². The maximum atomic E-state index is 11.8. The number of carboxylic acid groups (broad SMARTS) is 1. The molecular formula is C19H27N3O4. The molecule has 0 atom stereocenters. The van der Waals surface area contributed by atoms with Gasteiger partial charge in [0.05, 0.1) is 5.69 Å². The van der Waals surface area contributed by atoms with E-state index in [9.17, 15) is 9.59 Å². The van der Waals surface area contributed by atoms with Gasteiger partial charge in [-0.1, -0.05) is 19.9 Å². The Hall–Kier alpha value is -2.96. The molecule has 26 heavy (non-hydrogen) atoms. The van der Waals surface area contributed by atoms with E-state index in [-0.39, 0.29) is 17.9 Å². The Kier molecular flexibility index (Phi) is 11.0. The highest BCUT2D eigenvalue weighted by Gasteiger charge is 2.09. The number of hydrogen-bond acceptors (Lipinski definition) is 4. The predicted molar refractivity (Wildman–Crippen MR) is 102 cm³/mol. The summed E-state index contributed by atoms with van der Waals surface area (Å²) < 4.78 is 0. The third-order valence-corrected chi connectivity index (χ3v) is 3.33. The number of rotatable bonds is 4. The van der Waals surface area contributed by atoms with Crippen LogP contribution >= 0.6 is 0 Å². The van der Waals surface area contributed by atoms with Gasteiger partial charge in [0.1, 0.15) is 0 Å². The number of hydrogen-bond donors (Lipinski definition) is 3. The average Bonchev–Trinajstić information content (AvgIpc) is 2.62. The van der Waals surface area contributed by atoms with Crippen molar-refractivity contribution in [3.8, 4) is 0 Å². The van der Waals surface area contributed by atoms with E-state index in [1.807, 2.05) is 46.8 Å². The molecule has 0 aliphatic heterocycles. The summed E-state index contributed by atoms with van der Waals surface area (Å²) in [4.78, 5) is 31.9. The Labute approximate surface area is 153 Å². The minimum atomic E-state index is -0.250. The van der Waals surface area contributed by atoms with Gasteiger partial charge in [-0.05, 0) is 50.1 Å². The van der Waals surface area contributed by atoms with Gasteiger partial charge in [-0.25, -0.2) is 5.10 Å². The lowest BCUT2D eigenvalue weighted by atomic mass is 9.99. The molecule has 0 saturated carbocycles. The van der Waals surface area contributed by atoms with Crippen LogP contribution in [0.15, 0.2) is 29.1 Å². The normalized spacial score (nSPS) is 9.12. The summed E-state index contributed by atoms with van der Waals surface area (Å²) in [6.45, 7) is 10.0. The first-order valence-electron chi connectivity index (χ1n) is 8.43. The van der Waals surface area contributed by atoms with Crippen molar-refractivity contribution in [2.45, 2.75) is 41.0 Å². The number of carbonyl (C=O) groups is 2. The molecule has 2 aromatic rings. The quantitative estimate of drug-likeness (QED) is 0.724. The number of aryl methyl sites for hydroxylation is 2. The number of nitrogens with one attached hydrogen (secondary N) is 2. The zero-order valence-corrected chi connectivity index (χ0v) is 15.9. The molecule has 0 radical (unpaired) electrons. The van der Waals surface area contributed by atoms with Crippen molar-refractivity contribution in [2.24, 2.45) is 0 Å². The second-order valence-corrected chi connectivity index (χ2v) is 5.15. The minimum absolute atomic E-state index is 0.0789. The average molecular weight is 361 g/mol. The van der Waals surface area contributed by atoms with E-state index in [1.54, 1.807) is 12.1 Å². The molecular weight excluding hydrogens is 334 g/mol. The molecule has 1 heterocycles. The Morgan fingerprint density at radius 3 is 2.38 bits per heavy atom. The van der Waals surface area contributed by atoms with Crippen LogP contribution in [0.5, 0.6) is 0 Å². The summed E-state index contributed by atoms with van der Waals surface area (Å²) in [6, 6.07) is 7.32. The van der Waals surface area contributed by atoms with Gasteiger partial charge in [0, 0.05) is 24.1 Å². The third-order valence-electron chi connectivity index (χ3n) is 3.33. The van der Waals surface area contributed by atoms with Gasteiger partial charge >= 0.3 is 0 Å². The van der Waals surface area contributed by atoms with Crippen molar-refractivity contribution < 1.29 is 14.7 Å². The summed E-state index contributed by atoms with van der Waals surface area (Å²) in [5.41, 5.74) is 3.94. The molecule has 0 unspecified atom stereocenters. The van der Waals surface area contributed by atoms with Crippen LogP contribution in [-0.4, -0.2) is 34.2 Å². The topological polar surface area (TPSA) is 112 Å². The Balaban J connectivity index is 0.00000113. The molecule has 0 aliphatic carbocycles. The number of aromatic nitrogens is 2. The van der Waals surface area contributed by atoms with Gasteiger partial charge < -0.3 is 10.4 Å². The van der Waals surface area contributed by atoms with Gasteiger partial charge in [-0.3, -0.25) is 14.4 Å². The smallest absolute Gasteiger partial charge is 0.290 e. The second-order valence-electron chi connectivity index (χ2n) is 5.15. The van der Waals surface area contributed by atoms with Crippen LogP contribution in [0.1, 0.15) is 53.5 Å². The fourth-order valence-corrected chi connectivity index (χ4v) is 2.20. The van der Waals surface area contributed by atoms with Crippen molar-refractivity contribution in [3.05, 3.63) is 62.6 Å². The first-order valence-corrected chi connectivity index (χ1v) is 8.43. The fourth-order valence-electron chi connectivity index (χ4n) is 2.20. The maximum Gasteiger partial charge on any atom is 0.290 e. The fraction of sp³-hybridized carbons (Fsp3) is 0.368. The van der Waals surface area contributed by atoms with E-state index < -0.39 is 0 Å². The highest BCUT2D eigenvalue weighted by Crippen LogP contribution is 2.14. The van der Waals surface area contributed by atoms with Gasteiger partial charge in [0.2, 0.25) is 0 Å². The van der Waals surface area contributed by atoms with E-state index in [1.165, 1.54) is 0 Å². The van der Waals surface area contributed by atoms with Crippen molar-refractivity contribution >= 4 is 12.4 Å². The van der Waals surface area contributed by atoms with Crippen molar-refractivity contribution in [1.29, 1.82) is 0 Å². The highest BCUT2D eigenvalue weighted by molar-refractivity contribution is 5.94. The van der Waals surface area contributed by atoms with E-state index in [4.69, 9.17) is 9.90 Å². The molecule has 0 spiro atoms. The summed E-state index contributed by atoms with van der Waals surface area (Å²) in [7, 11) is 0. The van der Waals surface area contributed by atoms with Crippen molar-refractivity contribution in [3.63, 3.8) is 0 Å². The van der Waals surface area contributed by atoms with E-state index >= 15 is 0 Å². The first kappa shape index (κ1) is 23.0.